The first-order chi connectivity index (χ1) is 11.0. The van der Waals surface area contributed by atoms with Gasteiger partial charge >= 0.3 is 11.9 Å². The summed E-state index contributed by atoms with van der Waals surface area (Å²) in [7, 11) is 0. The maximum absolute atomic E-state index is 12.8. The van der Waals surface area contributed by atoms with E-state index in [0.717, 1.165) is 6.20 Å². The molecule has 1 amide bonds. The Kier molecular flexibility index (Phi) is 7.45. The Morgan fingerprint density at radius 1 is 1.04 bits per heavy atom. The number of nitrogens with one attached hydrogen (secondary N) is 1. The second-order valence-corrected chi connectivity index (χ2v) is 4.37. The van der Waals surface area contributed by atoms with Gasteiger partial charge in [-0.3, -0.25) is 4.79 Å². The van der Waals surface area contributed by atoms with Crippen molar-refractivity contribution in [2.75, 3.05) is 13.2 Å². The molecule has 0 radical (unpaired) electrons. The van der Waals surface area contributed by atoms with Crippen LogP contribution < -0.4 is 5.32 Å². The first-order valence-electron chi connectivity index (χ1n) is 7.06. The normalized spacial score (nSPS) is 9.70. The number of hydrogen-bond donors (Lipinski definition) is 1. The third-order valence-corrected chi connectivity index (χ3v) is 2.65. The molecule has 0 atom stereocenters. The van der Waals surface area contributed by atoms with E-state index in [1.807, 2.05) is 0 Å². The zero-order chi connectivity index (χ0) is 17.2. The number of carbonyl (C=O) groups is 3. The van der Waals surface area contributed by atoms with E-state index >= 15 is 0 Å². The van der Waals surface area contributed by atoms with Crippen molar-refractivity contribution < 1.29 is 28.2 Å². The van der Waals surface area contributed by atoms with Gasteiger partial charge in [0.2, 0.25) is 5.91 Å². The third kappa shape index (κ3) is 6.29. The minimum absolute atomic E-state index is 0.0320. The van der Waals surface area contributed by atoms with E-state index in [0.29, 0.717) is 5.56 Å². The van der Waals surface area contributed by atoms with Gasteiger partial charge in [-0.2, -0.15) is 0 Å². The molecule has 0 aliphatic heterocycles. The standard InChI is InChI=1S/C16H18FNO5/c1-3-22-15(20)13(16(21)23-4-2)10-18-14(19)9-11-5-7-12(17)8-6-11/h5-8,10H,3-4,9H2,1-2H3,(H,18,19). The highest BCUT2D eigenvalue weighted by molar-refractivity contribution is 6.14. The Morgan fingerprint density at radius 2 is 1.57 bits per heavy atom. The van der Waals surface area contributed by atoms with Gasteiger partial charge in [-0.15, -0.1) is 0 Å². The number of esters is 2. The van der Waals surface area contributed by atoms with Gasteiger partial charge in [0.25, 0.3) is 0 Å². The molecule has 0 aromatic heterocycles. The van der Waals surface area contributed by atoms with Gasteiger partial charge in [-0.25, -0.2) is 14.0 Å². The van der Waals surface area contributed by atoms with Crippen LogP contribution in [0.3, 0.4) is 0 Å². The molecule has 1 aromatic carbocycles. The largest absolute Gasteiger partial charge is 0.462 e. The molecule has 1 rings (SSSR count). The van der Waals surface area contributed by atoms with Gasteiger partial charge in [0.1, 0.15) is 5.82 Å². The van der Waals surface area contributed by atoms with Crippen LogP contribution in [-0.4, -0.2) is 31.1 Å². The molecule has 0 bridgehead atoms. The van der Waals surface area contributed by atoms with Crippen molar-refractivity contribution in [2.24, 2.45) is 0 Å². The summed E-state index contributed by atoms with van der Waals surface area (Å²) in [6.45, 7) is 3.35. The first-order valence-corrected chi connectivity index (χ1v) is 7.06. The van der Waals surface area contributed by atoms with E-state index < -0.39 is 29.2 Å². The Balaban J connectivity index is 2.74. The highest BCUT2D eigenvalue weighted by Gasteiger charge is 2.21. The smallest absolute Gasteiger partial charge is 0.347 e. The van der Waals surface area contributed by atoms with E-state index in [4.69, 9.17) is 9.47 Å². The molecule has 6 nitrogen and oxygen atoms in total. The lowest BCUT2D eigenvalue weighted by Crippen LogP contribution is -2.25. The van der Waals surface area contributed by atoms with E-state index in [2.05, 4.69) is 5.32 Å². The van der Waals surface area contributed by atoms with Crippen molar-refractivity contribution in [3.05, 3.63) is 47.4 Å². The summed E-state index contributed by atoms with van der Waals surface area (Å²) >= 11 is 0. The molecule has 0 aliphatic rings. The Morgan fingerprint density at radius 3 is 2.04 bits per heavy atom. The average molecular weight is 323 g/mol. The average Bonchev–Trinajstić information content (AvgIpc) is 2.50. The second kappa shape index (κ2) is 9.34. The van der Waals surface area contributed by atoms with Crippen molar-refractivity contribution >= 4 is 17.8 Å². The van der Waals surface area contributed by atoms with E-state index in [9.17, 15) is 18.8 Å². The van der Waals surface area contributed by atoms with Crippen LogP contribution in [-0.2, 0) is 30.3 Å². The quantitative estimate of drug-likeness (QED) is 0.356. The molecule has 0 aliphatic carbocycles. The highest BCUT2D eigenvalue weighted by Crippen LogP contribution is 2.04. The number of amides is 1. The van der Waals surface area contributed by atoms with Gasteiger partial charge in [-0.1, -0.05) is 12.1 Å². The van der Waals surface area contributed by atoms with Gasteiger partial charge in [-0.05, 0) is 31.5 Å². The maximum Gasteiger partial charge on any atom is 0.347 e. The molecular weight excluding hydrogens is 305 g/mol. The van der Waals surface area contributed by atoms with E-state index in [1.54, 1.807) is 13.8 Å². The molecule has 0 heterocycles. The third-order valence-electron chi connectivity index (χ3n) is 2.65. The summed E-state index contributed by atoms with van der Waals surface area (Å²) in [6, 6.07) is 5.41. The Hall–Kier alpha value is -2.70. The Bertz CT molecular complexity index is 575. The van der Waals surface area contributed by atoms with Crippen LogP contribution in [0.25, 0.3) is 0 Å². The van der Waals surface area contributed by atoms with Crippen LogP contribution in [0.5, 0.6) is 0 Å². The molecule has 23 heavy (non-hydrogen) atoms. The molecule has 124 valence electrons. The number of ether oxygens (including phenoxy) is 2. The summed E-state index contributed by atoms with van der Waals surface area (Å²) in [5.74, 6) is -2.63. The predicted molar refractivity (Wildman–Crippen MR) is 79.6 cm³/mol. The number of hydrogen-bond acceptors (Lipinski definition) is 5. The van der Waals surface area contributed by atoms with Crippen LogP contribution >= 0.6 is 0 Å². The van der Waals surface area contributed by atoms with Gasteiger partial charge in [0, 0.05) is 6.20 Å². The highest BCUT2D eigenvalue weighted by atomic mass is 19.1. The molecule has 0 saturated carbocycles. The molecule has 0 fully saturated rings. The number of halogens is 1. The summed E-state index contributed by atoms with van der Waals surface area (Å²) in [6.07, 6.45) is 0.928. The lowest BCUT2D eigenvalue weighted by atomic mass is 10.1. The van der Waals surface area contributed by atoms with E-state index in [-0.39, 0.29) is 19.6 Å². The van der Waals surface area contributed by atoms with Crippen LogP contribution in [0.4, 0.5) is 4.39 Å². The van der Waals surface area contributed by atoms with Gasteiger partial charge in [0.05, 0.1) is 19.6 Å². The molecule has 0 unspecified atom stereocenters. The lowest BCUT2D eigenvalue weighted by Gasteiger charge is -2.07. The Labute approximate surface area is 133 Å². The zero-order valence-corrected chi connectivity index (χ0v) is 12.9. The summed E-state index contributed by atoms with van der Waals surface area (Å²) in [4.78, 5) is 35.2. The van der Waals surface area contributed by atoms with Crippen molar-refractivity contribution in [2.45, 2.75) is 20.3 Å². The van der Waals surface area contributed by atoms with Crippen LogP contribution in [0.15, 0.2) is 36.0 Å². The zero-order valence-electron chi connectivity index (χ0n) is 12.9. The topological polar surface area (TPSA) is 81.7 Å². The molecule has 0 saturated heterocycles. The minimum Gasteiger partial charge on any atom is -0.462 e. The number of benzene rings is 1. The summed E-state index contributed by atoms with van der Waals surface area (Å²) in [5.41, 5.74) is 0.187. The van der Waals surface area contributed by atoms with Gasteiger partial charge in [0.15, 0.2) is 5.57 Å². The summed E-state index contributed by atoms with van der Waals surface area (Å²) in [5, 5.41) is 2.33. The van der Waals surface area contributed by atoms with Crippen molar-refractivity contribution in [3.63, 3.8) is 0 Å². The number of rotatable bonds is 7. The maximum atomic E-state index is 12.8. The van der Waals surface area contributed by atoms with Gasteiger partial charge < -0.3 is 14.8 Å². The van der Waals surface area contributed by atoms with Crippen LogP contribution in [0.2, 0.25) is 0 Å². The molecule has 1 aromatic rings. The fraction of sp³-hybridized carbons (Fsp3) is 0.312. The monoisotopic (exact) mass is 323 g/mol. The second-order valence-electron chi connectivity index (χ2n) is 4.37. The van der Waals surface area contributed by atoms with Crippen LogP contribution in [0.1, 0.15) is 19.4 Å². The number of carbonyl (C=O) groups excluding carboxylic acids is 3. The lowest BCUT2D eigenvalue weighted by molar-refractivity contribution is -0.146. The predicted octanol–water partition coefficient (Wildman–Crippen LogP) is 1.49. The summed E-state index contributed by atoms with van der Waals surface area (Å²) < 4.78 is 22.3. The first kappa shape index (κ1) is 18.3. The molecule has 7 heteroatoms. The SMILES string of the molecule is CCOC(=O)C(=CNC(=O)Cc1ccc(F)cc1)C(=O)OCC. The molecule has 1 N–H and O–H groups in total. The van der Waals surface area contributed by atoms with Crippen molar-refractivity contribution in [3.8, 4) is 0 Å². The molecule has 0 spiro atoms. The fourth-order valence-corrected chi connectivity index (χ4v) is 1.61. The minimum atomic E-state index is -0.881. The van der Waals surface area contributed by atoms with E-state index in [1.165, 1.54) is 24.3 Å². The fourth-order valence-electron chi connectivity index (χ4n) is 1.61. The molecular formula is C16H18FNO5. The van der Waals surface area contributed by atoms with Crippen LogP contribution in [0, 0.1) is 5.82 Å². The van der Waals surface area contributed by atoms with Crippen molar-refractivity contribution in [1.29, 1.82) is 0 Å². The van der Waals surface area contributed by atoms with Crippen molar-refractivity contribution in [1.82, 2.24) is 5.32 Å².